The van der Waals surface area contributed by atoms with Crippen LogP contribution < -0.4 is 5.32 Å². The number of nitrogens with one attached hydrogen (secondary N) is 1. The highest BCUT2D eigenvalue weighted by molar-refractivity contribution is 9.10. The third-order valence-electron chi connectivity index (χ3n) is 2.67. The quantitative estimate of drug-likeness (QED) is 0.906. The summed E-state index contributed by atoms with van der Waals surface area (Å²) in [5.41, 5.74) is 1.06. The second-order valence-corrected chi connectivity index (χ2v) is 6.53. The highest BCUT2D eigenvalue weighted by atomic mass is 79.9. The number of hydrogen-bond donors (Lipinski definition) is 1. The molecule has 0 radical (unpaired) electrons. The lowest BCUT2D eigenvalue weighted by Gasteiger charge is -2.09. The van der Waals surface area contributed by atoms with E-state index in [-0.39, 0.29) is 0 Å². The van der Waals surface area contributed by atoms with Gasteiger partial charge in [-0.05, 0) is 34.8 Å². The zero-order valence-electron chi connectivity index (χ0n) is 10.9. The van der Waals surface area contributed by atoms with Crippen molar-refractivity contribution in [1.29, 1.82) is 0 Å². The second kappa shape index (κ2) is 5.36. The predicted octanol–water partition coefficient (Wildman–Crippen LogP) is 4.44. The molecule has 0 spiro atoms. The molecule has 0 bridgehead atoms. The summed E-state index contributed by atoms with van der Waals surface area (Å²) in [7, 11) is 1.88. The Balaban J connectivity index is 2.52. The average molecular weight is 326 g/mol. The Labute approximate surface area is 120 Å². The Bertz CT molecular complexity index is 544. The number of thiophene rings is 1. The van der Waals surface area contributed by atoms with E-state index >= 15 is 0 Å². The first-order valence-corrected chi connectivity index (χ1v) is 7.45. The summed E-state index contributed by atoms with van der Waals surface area (Å²) in [4.78, 5) is 11.5. The van der Waals surface area contributed by atoms with E-state index in [1.165, 1.54) is 4.88 Å². The normalized spacial score (nSPS) is 11.0. The molecule has 0 aliphatic heterocycles. The molecule has 96 valence electrons. The van der Waals surface area contributed by atoms with Gasteiger partial charge in [0.2, 0.25) is 0 Å². The van der Waals surface area contributed by atoms with Crippen molar-refractivity contribution < 1.29 is 0 Å². The lowest BCUT2D eigenvalue weighted by molar-refractivity contribution is 0.818. The van der Waals surface area contributed by atoms with Gasteiger partial charge >= 0.3 is 0 Å². The van der Waals surface area contributed by atoms with Crippen molar-refractivity contribution in [1.82, 2.24) is 9.97 Å². The van der Waals surface area contributed by atoms with Gasteiger partial charge in [0, 0.05) is 28.2 Å². The smallest absolute Gasteiger partial charge is 0.171 e. The standard InChI is InChI=1S/C13H16BrN3S/c1-7(2)10-6-12(15-4)17-13(16-10)11-5-9(14)8(3)18-11/h5-7H,1-4H3,(H,15,16,17). The molecular weight excluding hydrogens is 310 g/mol. The van der Waals surface area contributed by atoms with Crippen molar-refractivity contribution in [2.24, 2.45) is 0 Å². The van der Waals surface area contributed by atoms with E-state index in [1.54, 1.807) is 11.3 Å². The molecule has 0 aliphatic rings. The van der Waals surface area contributed by atoms with E-state index in [0.717, 1.165) is 26.7 Å². The maximum Gasteiger partial charge on any atom is 0.171 e. The molecule has 2 aromatic heterocycles. The summed E-state index contributed by atoms with van der Waals surface area (Å²) >= 11 is 5.24. The summed E-state index contributed by atoms with van der Waals surface area (Å²) in [6, 6.07) is 4.09. The molecule has 3 nitrogen and oxygen atoms in total. The first kappa shape index (κ1) is 13.5. The van der Waals surface area contributed by atoms with Crippen LogP contribution in [0.15, 0.2) is 16.6 Å². The molecule has 0 amide bonds. The van der Waals surface area contributed by atoms with Crippen LogP contribution in [0.2, 0.25) is 0 Å². The fourth-order valence-electron chi connectivity index (χ4n) is 1.57. The van der Waals surface area contributed by atoms with Gasteiger partial charge in [-0.3, -0.25) is 0 Å². The van der Waals surface area contributed by atoms with E-state index in [4.69, 9.17) is 0 Å². The lowest BCUT2D eigenvalue weighted by Crippen LogP contribution is -2.01. The first-order valence-electron chi connectivity index (χ1n) is 5.84. The van der Waals surface area contributed by atoms with Crippen molar-refractivity contribution in [3.8, 4) is 10.7 Å². The molecule has 0 saturated heterocycles. The van der Waals surface area contributed by atoms with Gasteiger partial charge in [0.05, 0.1) is 4.88 Å². The van der Waals surface area contributed by atoms with Crippen molar-refractivity contribution in [3.63, 3.8) is 0 Å². The van der Waals surface area contributed by atoms with Crippen molar-refractivity contribution in [2.75, 3.05) is 12.4 Å². The lowest BCUT2D eigenvalue weighted by atomic mass is 10.1. The van der Waals surface area contributed by atoms with E-state index in [0.29, 0.717) is 5.92 Å². The maximum absolute atomic E-state index is 4.64. The number of aromatic nitrogens is 2. The minimum atomic E-state index is 0.392. The fraction of sp³-hybridized carbons (Fsp3) is 0.385. The van der Waals surface area contributed by atoms with Crippen LogP contribution in [0, 0.1) is 6.92 Å². The van der Waals surface area contributed by atoms with E-state index in [2.05, 4.69) is 58.1 Å². The number of nitrogens with zero attached hydrogens (tertiary/aromatic N) is 2. The molecule has 0 fully saturated rings. The van der Waals surface area contributed by atoms with E-state index in [1.807, 2.05) is 13.1 Å². The molecule has 0 atom stereocenters. The molecule has 2 aromatic rings. The molecule has 5 heteroatoms. The molecule has 1 N–H and O–H groups in total. The summed E-state index contributed by atoms with van der Waals surface area (Å²) < 4.78 is 1.12. The second-order valence-electron chi connectivity index (χ2n) is 4.42. The van der Waals surface area contributed by atoms with Crippen LogP contribution in [0.1, 0.15) is 30.3 Å². The molecule has 2 rings (SSSR count). The van der Waals surface area contributed by atoms with Gasteiger partial charge in [0.25, 0.3) is 0 Å². The summed E-state index contributed by atoms with van der Waals surface area (Å²) in [5.74, 6) is 2.05. The van der Waals surface area contributed by atoms with Crippen LogP contribution >= 0.6 is 27.3 Å². The van der Waals surface area contributed by atoms with Crippen molar-refractivity contribution >= 4 is 33.1 Å². The number of aryl methyl sites for hydroxylation is 1. The molecule has 0 unspecified atom stereocenters. The zero-order chi connectivity index (χ0) is 13.3. The van der Waals surface area contributed by atoms with Crippen LogP contribution in [0.5, 0.6) is 0 Å². The fourth-order valence-corrected chi connectivity index (χ4v) is 3.04. The summed E-state index contributed by atoms with van der Waals surface area (Å²) in [5, 5.41) is 3.10. The Hall–Kier alpha value is -0.940. The number of hydrogen-bond acceptors (Lipinski definition) is 4. The molecule has 2 heterocycles. The van der Waals surface area contributed by atoms with Gasteiger partial charge in [-0.2, -0.15) is 0 Å². The molecule has 18 heavy (non-hydrogen) atoms. The van der Waals surface area contributed by atoms with Gasteiger partial charge in [-0.25, -0.2) is 9.97 Å². The molecular formula is C13H16BrN3S. The Morgan fingerprint density at radius 3 is 2.50 bits per heavy atom. The number of anilines is 1. The number of halogens is 1. The van der Waals surface area contributed by atoms with Gasteiger partial charge in [-0.1, -0.05) is 13.8 Å². The van der Waals surface area contributed by atoms with Crippen LogP contribution in [0.25, 0.3) is 10.7 Å². The minimum Gasteiger partial charge on any atom is -0.373 e. The highest BCUT2D eigenvalue weighted by Gasteiger charge is 2.12. The topological polar surface area (TPSA) is 37.8 Å². The zero-order valence-corrected chi connectivity index (χ0v) is 13.3. The van der Waals surface area contributed by atoms with Crippen molar-refractivity contribution in [2.45, 2.75) is 26.7 Å². The van der Waals surface area contributed by atoms with Crippen LogP contribution in [0.3, 0.4) is 0 Å². The average Bonchev–Trinajstić information content (AvgIpc) is 2.69. The molecule has 0 aliphatic carbocycles. The maximum atomic E-state index is 4.64. The molecule has 0 aromatic carbocycles. The number of rotatable bonds is 3. The van der Waals surface area contributed by atoms with Crippen LogP contribution in [0.4, 0.5) is 5.82 Å². The monoisotopic (exact) mass is 325 g/mol. The predicted molar refractivity (Wildman–Crippen MR) is 81.4 cm³/mol. The van der Waals surface area contributed by atoms with Crippen LogP contribution in [-0.4, -0.2) is 17.0 Å². The van der Waals surface area contributed by atoms with Crippen molar-refractivity contribution in [3.05, 3.63) is 27.2 Å². The van der Waals surface area contributed by atoms with Gasteiger partial charge < -0.3 is 5.32 Å². The first-order chi connectivity index (χ1) is 8.51. The SMILES string of the molecule is CNc1cc(C(C)C)nc(-c2cc(Br)c(C)s2)n1. The van der Waals surface area contributed by atoms with Crippen LogP contribution in [-0.2, 0) is 0 Å². The van der Waals surface area contributed by atoms with Gasteiger partial charge in [0.1, 0.15) is 5.82 Å². The third kappa shape index (κ3) is 2.72. The highest BCUT2D eigenvalue weighted by Crippen LogP contribution is 2.33. The van der Waals surface area contributed by atoms with E-state index < -0.39 is 0 Å². The largest absolute Gasteiger partial charge is 0.373 e. The minimum absolute atomic E-state index is 0.392. The Kier molecular flexibility index (Phi) is 4.02. The van der Waals surface area contributed by atoms with Gasteiger partial charge in [0.15, 0.2) is 5.82 Å². The molecule has 0 saturated carbocycles. The van der Waals surface area contributed by atoms with Gasteiger partial charge in [-0.15, -0.1) is 11.3 Å². The Morgan fingerprint density at radius 2 is 2.00 bits per heavy atom. The Morgan fingerprint density at radius 1 is 1.28 bits per heavy atom. The summed E-state index contributed by atoms with van der Waals surface area (Å²) in [6.07, 6.45) is 0. The third-order valence-corrected chi connectivity index (χ3v) is 4.80. The van der Waals surface area contributed by atoms with E-state index in [9.17, 15) is 0 Å². The summed E-state index contributed by atoms with van der Waals surface area (Å²) in [6.45, 7) is 6.37.